The summed E-state index contributed by atoms with van der Waals surface area (Å²) in [6.07, 6.45) is 0.978. The molecule has 2 aromatic rings. The fourth-order valence-corrected chi connectivity index (χ4v) is 2.86. The summed E-state index contributed by atoms with van der Waals surface area (Å²) in [6.45, 7) is 2.81. The lowest BCUT2D eigenvalue weighted by Crippen LogP contribution is -2.30. The van der Waals surface area contributed by atoms with Crippen LogP contribution in [0.3, 0.4) is 0 Å². The van der Waals surface area contributed by atoms with Gasteiger partial charge in [-0.15, -0.1) is 0 Å². The number of aryl methyl sites for hydroxylation is 1. The van der Waals surface area contributed by atoms with Crippen molar-refractivity contribution in [3.8, 4) is 0 Å². The molecule has 0 saturated heterocycles. The van der Waals surface area contributed by atoms with E-state index < -0.39 is 11.9 Å². The number of carbonyl (C=O) groups is 3. The predicted octanol–water partition coefficient (Wildman–Crippen LogP) is 2.89. The number of ether oxygens (including phenoxy) is 2. The van der Waals surface area contributed by atoms with Crippen molar-refractivity contribution in [2.24, 2.45) is 0 Å². The second-order valence-corrected chi connectivity index (χ2v) is 6.63. The fraction of sp³-hybridized carbons (Fsp3) is 0.318. The molecule has 0 aromatic heterocycles. The van der Waals surface area contributed by atoms with Crippen molar-refractivity contribution < 1.29 is 23.9 Å². The summed E-state index contributed by atoms with van der Waals surface area (Å²) < 4.78 is 9.44. The van der Waals surface area contributed by atoms with Gasteiger partial charge in [0.05, 0.1) is 37.6 Å². The number of benzene rings is 2. The van der Waals surface area contributed by atoms with E-state index >= 15 is 0 Å². The van der Waals surface area contributed by atoms with E-state index in [1.54, 1.807) is 0 Å². The maximum atomic E-state index is 12.5. The number of likely N-dealkylation sites (N-methyl/N-ethyl adjacent to an activating group) is 1. The Bertz CT molecular complexity index is 877. The Balaban J connectivity index is 2.09. The minimum absolute atomic E-state index is 0.110. The first-order valence-electron chi connectivity index (χ1n) is 9.24. The first-order valence-corrected chi connectivity index (χ1v) is 9.24. The molecule has 0 fully saturated rings. The molecule has 0 heterocycles. The third kappa shape index (κ3) is 6.15. The molecule has 0 bridgehead atoms. The molecular formula is C22H26N2O5. The minimum Gasteiger partial charge on any atom is -0.465 e. The number of amides is 1. The van der Waals surface area contributed by atoms with Gasteiger partial charge in [-0.2, -0.15) is 0 Å². The highest BCUT2D eigenvalue weighted by atomic mass is 16.5. The molecule has 154 valence electrons. The van der Waals surface area contributed by atoms with Gasteiger partial charge in [-0.3, -0.25) is 9.69 Å². The van der Waals surface area contributed by atoms with E-state index in [4.69, 9.17) is 9.47 Å². The van der Waals surface area contributed by atoms with Crippen LogP contribution in [0, 0.1) is 0 Å². The Morgan fingerprint density at radius 3 is 2.14 bits per heavy atom. The lowest BCUT2D eigenvalue weighted by Gasteiger charge is -2.17. The second kappa shape index (κ2) is 10.4. The molecule has 1 N–H and O–H groups in total. The van der Waals surface area contributed by atoms with E-state index in [0.29, 0.717) is 6.54 Å². The van der Waals surface area contributed by atoms with Crippen LogP contribution < -0.4 is 5.32 Å². The summed E-state index contributed by atoms with van der Waals surface area (Å²) in [5.41, 5.74) is 2.94. The average Bonchev–Trinajstić information content (AvgIpc) is 2.72. The normalized spacial score (nSPS) is 10.5. The van der Waals surface area contributed by atoms with Gasteiger partial charge in [-0.1, -0.05) is 31.2 Å². The van der Waals surface area contributed by atoms with Gasteiger partial charge in [-0.25, -0.2) is 9.59 Å². The molecule has 7 nitrogen and oxygen atoms in total. The number of anilines is 1. The van der Waals surface area contributed by atoms with Gasteiger partial charge in [0.2, 0.25) is 5.91 Å². The first-order chi connectivity index (χ1) is 13.9. The van der Waals surface area contributed by atoms with Crippen molar-refractivity contribution in [3.05, 3.63) is 64.7 Å². The van der Waals surface area contributed by atoms with Gasteiger partial charge >= 0.3 is 11.9 Å². The largest absolute Gasteiger partial charge is 0.465 e. The molecule has 0 aliphatic rings. The highest BCUT2D eigenvalue weighted by Crippen LogP contribution is 2.20. The van der Waals surface area contributed by atoms with Gasteiger partial charge in [-0.05, 0) is 42.8 Å². The summed E-state index contributed by atoms with van der Waals surface area (Å²) in [5, 5.41) is 2.69. The molecule has 1 amide bonds. The zero-order valence-electron chi connectivity index (χ0n) is 17.2. The lowest BCUT2D eigenvalue weighted by atomic mass is 10.1. The van der Waals surface area contributed by atoms with Gasteiger partial charge in [0, 0.05) is 6.54 Å². The fourth-order valence-electron chi connectivity index (χ4n) is 2.86. The minimum atomic E-state index is -0.610. The van der Waals surface area contributed by atoms with Crippen LogP contribution in [0.4, 0.5) is 5.69 Å². The number of rotatable bonds is 8. The van der Waals surface area contributed by atoms with E-state index in [1.807, 2.05) is 24.1 Å². The molecule has 0 aliphatic heterocycles. The molecule has 0 saturated carbocycles. The highest BCUT2D eigenvalue weighted by molar-refractivity contribution is 6.03. The van der Waals surface area contributed by atoms with Crippen molar-refractivity contribution in [3.63, 3.8) is 0 Å². The summed E-state index contributed by atoms with van der Waals surface area (Å²) in [4.78, 5) is 38.1. The number of nitrogens with one attached hydrogen (secondary N) is 1. The summed E-state index contributed by atoms with van der Waals surface area (Å²) in [7, 11) is 4.34. The molecule has 29 heavy (non-hydrogen) atoms. The standard InChI is InChI=1S/C22H26N2O5/c1-5-15-6-8-16(9-7-15)13-24(2)14-20(25)23-19-12-17(21(26)28-3)10-11-18(19)22(27)29-4/h6-12H,5,13-14H2,1-4H3,(H,23,25). The topological polar surface area (TPSA) is 84.9 Å². The number of nitrogens with zero attached hydrogens (tertiary/aromatic N) is 1. The Morgan fingerprint density at radius 2 is 1.55 bits per heavy atom. The summed E-state index contributed by atoms with van der Waals surface area (Å²) in [5.74, 6) is -1.49. The van der Waals surface area contributed by atoms with Gasteiger partial charge in [0.1, 0.15) is 0 Å². The molecule has 0 atom stereocenters. The second-order valence-electron chi connectivity index (χ2n) is 6.63. The predicted molar refractivity (Wildman–Crippen MR) is 110 cm³/mol. The molecule has 0 radical (unpaired) electrons. The smallest absolute Gasteiger partial charge is 0.339 e. The molecule has 0 unspecified atom stereocenters. The van der Waals surface area contributed by atoms with Crippen LogP contribution in [0.2, 0.25) is 0 Å². The maximum Gasteiger partial charge on any atom is 0.339 e. The Kier molecular flexibility index (Phi) is 7.91. The Morgan fingerprint density at radius 1 is 0.931 bits per heavy atom. The SMILES string of the molecule is CCc1ccc(CN(C)CC(=O)Nc2cc(C(=O)OC)ccc2C(=O)OC)cc1. The zero-order valence-corrected chi connectivity index (χ0v) is 17.2. The maximum absolute atomic E-state index is 12.5. The van der Waals surface area contributed by atoms with Crippen LogP contribution >= 0.6 is 0 Å². The summed E-state index contributed by atoms with van der Waals surface area (Å²) in [6, 6.07) is 12.5. The van der Waals surface area contributed by atoms with E-state index in [9.17, 15) is 14.4 Å². The van der Waals surface area contributed by atoms with Gasteiger partial charge < -0.3 is 14.8 Å². The zero-order chi connectivity index (χ0) is 21.4. The Labute approximate surface area is 170 Å². The quantitative estimate of drug-likeness (QED) is 0.689. The number of hydrogen-bond donors (Lipinski definition) is 1. The van der Waals surface area contributed by atoms with Crippen molar-refractivity contribution in [1.82, 2.24) is 4.90 Å². The third-order valence-electron chi connectivity index (χ3n) is 4.42. The van der Waals surface area contributed by atoms with E-state index in [0.717, 1.165) is 12.0 Å². The van der Waals surface area contributed by atoms with Crippen molar-refractivity contribution >= 4 is 23.5 Å². The molecular weight excluding hydrogens is 372 g/mol. The van der Waals surface area contributed by atoms with Gasteiger partial charge in [0.25, 0.3) is 0 Å². The monoisotopic (exact) mass is 398 g/mol. The van der Waals surface area contributed by atoms with Crippen molar-refractivity contribution in [2.75, 3.05) is 33.1 Å². The molecule has 7 heteroatoms. The summed E-state index contributed by atoms with van der Waals surface area (Å²) >= 11 is 0. The molecule has 0 aliphatic carbocycles. The highest BCUT2D eigenvalue weighted by Gasteiger charge is 2.18. The van der Waals surface area contributed by atoms with Crippen molar-refractivity contribution in [2.45, 2.75) is 19.9 Å². The van der Waals surface area contributed by atoms with Crippen LogP contribution in [0.1, 0.15) is 38.8 Å². The number of carbonyl (C=O) groups excluding carboxylic acids is 3. The molecule has 0 spiro atoms. The van der Waals surface area contributed by atoms with Crippen LogP contribution in [0.15, 0.2) is 42.5 Å². The lowest BCUT2D eigenvalue weighted by molar-refractivity contribution is -0.117. The van der Waals surface area contributed by atoms with Crippen LogP contribution in [-0.4, -0.2) is 50.6 Å². The van der Waals surface area contributed by atoms with Crippen LogP contribution in [0.5, 0.6) is 0 Å². The number of esters is 2. The third-order valence-corrected chi connectivity index (χ3v) is 4.42. The molecule has 2 rings (SSSR count). The van der Waals surface area contributed by atoms with Gasteiger partial charge in [0.15, 0.2) is 0 Å². The number of methoxy groups -OCH3 is 2. The molecule has 2 aromatic carbocycles. The average molecular weight is 398 g/mol. The van der Waals surface area contributed by atoms with E-state index in [2.05, 4.69) is 24.4 Å². The number of hydrogen-bond acceptors (Lipinski definition) is 6. The Hall–Kier alpha value is -3.19. The first kappa shape index (κ1) is 22.1. The van der Waals surface area contributed by atoms with Crippen LogP contribution in [-0.2, 0) is 27.2 Å². The van der Waals surface area contributed by atoms with E-state index in [-0.39, 0.29) is 29.3 Å². The van der Waals surface area contributed by atoms with Crippen molar-refractivity contribution in [1.29, 1.82) is 0 Å². The van der Waals surface area contributed by atoms with Crippen LogP contribution in [0.25, 0.3) is 0 Å². The van der Waals surface area contributed by atoms with E-state index in [1.165, 1.54) is 38.0 Å².